The molecule has 8 nitrogen and oxygen atoms in total. The van der Waals surface area contributed by atoms with E-state index in [4.69, 9.17) is 25.8 Å². The molecule has 0 bridgehead atoms. The first kappa shape index (κ1) is 22.4. The average Bonchev–Trinajstić information content (AvgIpc) is 3.27. The molecule has 0 aliphatic carbocycles. The van der Waals surface area contributed by atoms with Crippen molar-refractivity contribution in [2.75, 3.05) is 13.4 Å². The molecule has 2 aromatic carbocycles. The number of hydrogen-bond acceptors (Lipinski definition) is 6. The number of aliphatic hydroxyl groups is 1. The number of nitrogens with one attached hydrogen (secondary N) is 2. The fraction of sp³-hybridized carbons (Fsp3) is 0.391. The van der Waals surface area contributed by atoms with Gasteiger partial charge in [-0.2, -0.15) is 0 Å². The van der Waals surface area contributed by atoms with Crippen LogP contribution in [0.25, 0.3) is 0 Å². The van der Waals surface area contributed by atoms with E-state index in [1.807, 2.05) is 12.1 Å². The fourth-order valence-corrected chi connectivity index (χ4v) is 3.94. The zero-order valence-electron chi connectivity index (χ0n) is 17.4. The summed E-state index contributed by atoms with van der Waals surface area (Å²) in [5.74, 6) is 0.716. The van der Waals surface area contributed by atoms with Crippen LogP contribution in [0.4, 0.5) is 0 Å². The lowest BCUT2D eigenvalue weighted by Gasteiger charge is -2.36. The Bertz CT molecular complexity index is 967. The first-order valence-electron chi connectivity index (χ1n) is 10.5. The first-order chi connectivity index (χ1) is 15.5. The van der Waals surface area contributed by atoms with Gasteiger partial charge in [0.25, 0.3) is 5.91 Å². The standard InChI is InChI=1S/C23H25ClN2O6/c24-16-4-1-14(2-5-16)11-25-22(28)10-17-6-7-18(21(12-27)32-17)26-23(29)15-3-8-19-20(9-15)31-13-30-19/h1-5,8-9,17-18,21,27H,6-7,10-13H2,(H,25,28)(H,26,29)/t17-,18+,21-/m1/s1. The van der Waals surface area contributed by atoms with Crippen LogP contribution in [0.2, 0.25) is 5.02 Å². The highest BCUT2D eigenvalue weighted by Crippen LogP contribution is 2.32. The summed E-state index contributed by atoms with van der Waals surface area (Å²) in [6.45, 7) is 0.285. The second-order valence-electron chi connectivity index (χ2n) is 7.81. The average molecular weight is 461 g/mol. The molecule has 2 amide bonds. The van der Waals surface area contributed by atoms with E-state index < -0.39 is 6.10 Å². The van der Waals surface area contributed by atoms with E-state index >= 15 is 0 Å². The Hall–Kier alpha value is -2.81. The molecule has 2 aromatic rings. The number of aliphatic hydroxyl groups excluding tert-OH is 1. The van der Waals surface area contributed by atoms with E-state index in [9.17, 15) is 14.7 Å². The summed E-state index contributed by atoms with van der Waals surface area (Å²) in [6.07, 6.45) is 0.465. The number of benzene rings is 2. The Balaban J connectivity index is 1.26. The van der Waals surface area contributed by atoms with Gasteiger partial charge >= 0.3 is 0 Å². The van der Waals surface area contributed by atoms with Gasteiger partial charge in [-0.25, -0.2) is 0 Å². The molecule has 0 radical (unpaired) electrons. The summed E-state index contributed by atoms with van der Waals surface area (Å²) in [5.41, 5.74) is 1.39. The van der Waals surface area contributed by atoms with Gasteiger partial charge in [-0.1, -0.05) is 23.7 Å². The zero-order valence-corrected chi connectivity index (χ0v) is 18.1. The van der Waals surface area contributed by atoms with Gasteiger partial charge < -0.3 is 30.0 Å². The lowest BCUT2D eigenvalue weighted by atomic mass is 9.96. The third kappa shape index (κ3) is 5.51. The maximum Gasteiger partial charge on any atom is 0.251 e. The highest BCUT2D eigenvalue weighted by atomic mass is 35.5. The van der Waals surface area contributed by atoms with E-state index in [1.54, 1.807) is 30.3 Å². The number of carbonyl (C=O) groups excluding carboxylic acids is 2. The maximum absolute atomic E-state index is 12.7. The van der Waals surface area contributed by atoms with Crippen LogP contribution in [0, 0.1) is 0 Å². The van der Waals surface area contributed by atoms with Crippen molar-refractivity contribution in [1.29, 1.82) is 0 Å². The lowest BCUT2D eigenvalue weighted by Crippen LogP contribution is -2.51. The molecule has 4 rings (SSSR count). The molecule has 170 valence electrons. The number of halogens is 1. The summed E-state index contributed by atoms with van der Waals surface area (Å²) in [4.78, 5) is 25.0. The molecule has 0 spiro atoms. The molecule has 2 aliphatic rings. The van der Waals surface area contributed by atoms with Crippen molar-refractivity contribution < 1.29 is 28.9 Å². The van der Waals surface area contributed by atoms with Gasteiger partial charge in [0.2, 0.25) is 12.7 Å². The summed E-state index contributed by atoms with van der Waals surface area (Å²) in [6, 6.07) is 11.9. The molecule has 32 heavy (non-hydrogen) atoms. The molecule has 0 saturated carbocycles. The summed E-state index contributed by atoms with van der Waals surface area (Å²) < 4.78 is 16.5. The third-order valence-electron chi connectivity index (χ3n) is 5.56. The van der Waals surface area contributed by atoms with Gasteiger partial charge in [-0.15, -0.1) is 0 Å². The summed E-state index contributed by atoms with van der Waals surface area (Å²) in [7, 11) is 0. The van der Waals surface area contributed by atoms with E-state index in [0.29, 0.717) is 41.5 Å². The molecule has 9 heteroatoms. The largest absolute Gasteiger partial charge is 0.454 e. The molecule has 0 unspecified atom stereocenters. The van der Waals surface area contributed by atoms with Crippen LogP contribution in [-0.2, 0) is 16.1 Å². The van der Waals surface area contributed by atoms with Crippen LogP contribution in [-0.4, -0.2) is 48.6 Å². The van der Waals surface area contributed by atoms with Gasteiger partial charge in [0, 0.05) is 17.1 Å². The molecule has 2 aliphatic heterocycles. The van der Waals surface area contributed by atoms with Crippen molar-refractivity contribution in [3.05, 3.63) is 58.6 Å². The Morgan fingerprint density at radius 3 is 2.62 bits per heavy atom. The predicted molar refractivity (Wildman–Crippen MR) is 117 cm³/mol. The van der Waals surface area contributed by atoms with Crippen LogP contribution in [0.3, 0.4) is 0 Å². The Labute approximate surface area is 190 Å². The monoisotopic (exact) mass is 460 g/mol. The van der Waals surface area contributed by atoms with Crippen molar-refractivity contribution in [2.24, 2.45) is 0 Å². The number of amides is 2. The number of fused-ring (bicyclic) bond motifs is 1. The minimum atomic E-state index is -0.587. The molecule has 0 aromatic heterocycles. The van der Waals surface area contributed by atoms with Crippen LogP contribution in [0.15, 0.2) is 42.5 Å². The number of hydrogen-bond donors (Lipinski definition) is 3. The third-order valence-corrected chi connectivity index (χ3v) is 5.81. The van der Waals surface area contributed by atoms with Crippen molar-refractivity contribution in [3.63, 3.8) is 0 Å². The fourth-order valence-electron chi connectivity index (χ4n) is 3.82. The molecule has 1 fully saturated rings. The molecule has 1 saturated heterocycles. The maximum atomic E-state index is 12.7. The topological polar surface area (TPSA) is 106 Å². The summed E-state index contributed by atoms with van der Waals surface area (Å²) in [5, 5.41) is 16.2. The molecular weight excluding hydrogens is 436 g/mol. The minimum Gasteiger partial charge on any atom is -0.454 e. The Morgan fingerprint density at radius 2 is 1.84 bits per heavy atom. The van der Waals surface area contributed by atoms with Crippen molar-refractivity contribution in [3.8, 4) is 11.5 Å². The van der Waals surface area contributed by atoms with Crippen LogP contribution < -0.4 is 20.1 Å². The smallest absolute Gasteiger partial charge is 0.251 e. The lowest BCUT2D eigenvalue weighted by molar-refractivity contribution is -0.131. The second-order valence-corrected chi connectivity index (χ2v) is 8.25. The number of rotatable bonds is 7. The summed E-state index contributed by atoms with van der Waals surface area (Å²) >= 11 is 5.87. The van der Waals surface area contributed by atoms with E-state index in [0.717, 1.165) is 5.56 Å². The van der Waals surface area contributed by atoms with Crippen LogP contribution >= 0.6 is 11.6 Å². The minimum absolute atomic E-state index is 0.135. The second kappa shape index (κ2) is 10.2. The van der Waals surface area contributed by atoms with Gasteiger partial charge in [0.05, 0.1) is 25.2 Å². The van der Waals surface area contributed by atoms with Crippen molar-refractivity contribution in [2.45, 2.75) is 44.1 Å². The van der Waals surface area contributed by atoms with Crippen LogP contribution in [0.1, 0.15) is 35.2 Å². The normalized spacial score (nSPS) is 21.8. The van der Waals surface area contributed by atoms with Gasteiger partial charge in [0.15, 0.2) is 11.5 Å². The van der Waals surface area contributed by atoms with Crippen molar-refractivity contribution >= 4 is 23.4 Å². The molecule has 2 heterocycles. The van der Waals surface area contributed by atoms with E-state index in [-0.39, 0.29) is 43.8 Å². The zero-order chi connectivity index (χ0) is 22.5. The van der Waals surface area contributed by atoms with Gasteiger partial charge in [0.1, 0.15) is 6.10 Å². The quantitative estimate of drug-likeness (QED) is 0.586. The molecular formula is C23H25ClN2O6. The predicted octanol–water partition coefficient (Wildman–Crippen LogP) is 2.41. The number of carbonyl (C=O) groups is 2. The first-order valence-corrected chi connectivity index (χ1v) is 10.9. The van der Waals surface area contributed by atoms with Gasteiger partial charge in [-0.3, -0.25) is 9.59 Å². The molecule has 3 atom stereocenters. The van der Waals surface area contributed by atoms with E-state index in [2.05, 4.69) is 10.6 Å². The Kier molecular flexibility index (Phi) is 7.14. The van der Waals surface area contributed by atoms with Crippen LogP contribution in [0.5, 0.6) is 11.5 Å². The SMILES string of the molecule is O=C(C[C@H]1CC[C@H](NC(=O)c2ccc3c(c2)OCO3)[C@@H](CO)O1)NCc1ccc(Cl)cc1. The highest BCUT2D eigenvalue weighted by Gasteiger charge is 2.33. The Morgan fingerprint density at radius 1 is 1.06 bits per heavy atom. The highest BCUT2D eigenvalue weighted by molar-refractivity contribution is 6.30. The van der Waals surface area contributed by atoms with E-state index in [1.165, 1.54) is 0 Å². The molecule has 3 N–H and O–H groups in total. The number of ether oxygens (including phenoxy) is 3. The van der Waals surface area contributed by atoms with Crippen molar-refractivity contribution in [1.82, 2.24) is 10.6 Å². The van der Waals surface area contributed by atoms with Gasteiger partial charge in [-0.05, 0) is 48.7 Å².